The van der Waals surface area contributed by atoms with Crippen molar-refractivity contribution in [1.29, 1.82) is 0 Å². The summed E-state index contributed by atoms with van der Waals surface area (Å²) >= 11 is 0. The third kappa shape index (κ3) is 5.88. The van der Waals surface area contributed by atoms with Gasteiger partial charge in [0.05, 0.1) is 24.5 Å². The van der Waals surface area contributed by atoms with Crippen LogP contribution >= 0.6 is 0 Å². The predicted octanol–water partition coefficient (Wildman–Crippen LogP) is 4.33. The van der Waals surface area contributed by atoms with Crippen molar-refractivity contribution in [2.24, 2.45) is 0 Å². The zero-order valence-electron chi connectivity index (χ0n) is 23.4. The lowest BCUT2D eigenvalue weighted by molar-refractivity contribution is -0.164. The Balaban J connectivity index is 1.40. The van der Waals surface area contributed by atoms with E-state index in [1.54, 1.807) is 25.3 Å². The zero-order valence-corrected chi connectivity index (χ0v) is 24.2. The van der Waals surface area contributed by atoms with Crippen molar-refractivity contribution in [2.75, 3.05) is 49.0 Å². The molecular weight excluding hydrogens is 542 g/mol. The maximum atomic E-state index is 13.5. The second-order valence-electron chi connectivity index (χ2n) is 10.7. The van der Waals surface area contributed by atoms with Crippen molar-refractivity contribution >= 4 is 39.0 Å². The lowest BCUT2D eigenvalue weighted by atomic mass is 10.1. The van der Waals surface area contributed by atoms with Gasteiger partial charge in [-0.2, -0.15) is 9.97 Å². The van der Waals surface area contributed by atoms with Gasteiger partial charge in [0.15, 0.2) is 6.29 Å². The number of nitrogens with one attached hydrogen (secondary N) is 3. The average molecular weight is 580 g/mol. The molecule has 2 fully saturated rings. The summed E-state index contributed by atoms with van der Waals surface area (Å²) in [6, 6.07) is 16.9. The highest BCUT2D eigenvalue weighted by Crippen LogP contribution is 2.40. The van der Waals surface area contributed by atoms with E-state index in [1.807, 2.05) is 41.4 Å². The molecule has 6 rings (SSSR count). The number of anilines is 5. The quantitative estimate of drug-likeness (QED) is 0.338. The van der Waals surface area contributed by atoms with Crippen LogP contribution in [0.15, 0.2) is 59.5 Å². The zero-order chi connectivity index (χ0) is 28.4. The standard InChI is InChI=1S/C29H37N7O4S/c1-20-18-30-27-26(20)28(31-23-14-8-9-15-24(23)41(37,38)34-21-10-6-7-11-21)33-29(32-27)36(22-12-4-3-5-13-22)35-16-17-40-25(19-35)39-2/h3-5,8-9,12-15,20-21,25,34H,6-7,10-11,16-19H2,1-2H3,(H2,30,31,32,33). The number of benzene rings is 2. The highest BCUT2D eigenvalue weighted by Gasteiger charge is 2.33. The number of nitrogens with zero attached hydrogens (tertiary/aromatic N) is 4. The maximum absolute atomic E-state index is 13.5. The minimum atomic E-state index is -3.74. The molecule has 1 saturated heterocycles. The molecule has 0 radical (unpaired) electrons. The van der Waals surface area contributed by atoms with Gasteiger partial charge >= 0.3 is 0 Å². The van der Waals surface area contributed by atoms with E-state index in [9.17, 15) is 8.42 Å². The Hall–Kier alpha value is -3.29. The van der Waals surface area contributed by atoms with E-state index < -0.39 is 10.0 Å². The van der Waals surface area contributed by atoms with Crippen LogP contribution in [0.5, 0.6) is 0 Å². The van der Waals surface area contributed by atoms with Gasteiger partial charge in [0.2, 0.25) is 16.0 Å². The van der Waals surface area contributed by atoms with Crippen LogP contribution in [0.25, 0.3) is 0 Å². The Labute approximate surface area is 241 Å². The summed E-state index contributed by atoms with van der Waals surface area (Å²) in [5.74, 6) is 1.89. The van der Waals surface area contributed by atoms with Crippen molar-refractivity contribution in [2.45, 2.75) is 55.8 Å². The van der Waals surface area contributed by atoms with Crippen LogP contribution in [0.2, 0.25) is 0 Å². The lowest BCUT2D eigenvalue weighted by Crippen LogP contribution is -2.51. The number of rotatable bonds is 9. The van der Waals surface area contributed by atoms with Gasteiger partial charge in [0.1, 0.15) is 16.5 Å². The first-order chi connectivity index (χ1) is 19.9. The summed E-state index contributed by atoms with van der Waals surface area (Å²) in [7, 11) is -2.10. The summed E-state index contributed by atoms with van der Waals surface area (Å²) in [5.41, 5.74) is 2.29. The van der Waals surface area contributed by atoms with E-state index >= 15 is 0 Å². The van der Waals surface area contributed by atoms with Gasteiger partial charge in [-0.3, -0.25) is 0 Å². The molecule has 0 bridgehead atoms. The van der Waals surface area contributed by atoms with Gasteiger partial charge in [-0.1, -0.05) is 50.1 Å². The van der Waals surface area contributed by atoms with Crippen LogP contribution in [0.3, 0.4) is 0 Å². The summed E-state index contributed by atoms with van der Waals surface area (Å²) < 4.78 is 41.1. The minimum Gasteiger partial charge on any atom is -0.369 e. The summed E-state index contributed by atoms with van der Waals surface area (Å²) in [6.45, 7) is 4.42. The highest BCUT2D eigenvalue weighted by atomic mass is 32.2. The summed E-state index contributed by atoms with van der Waals surface area (Å²) in [6.07, 6.45) is 3.42. The summed E-state index contributed by atoms with van der Waals surface area (Å²) in [4.78, 5) is 10.2. The van der Waals surface area contributed by atoms with E-state index in [1.165, 1.54) is 0 Å². The van der Waals surface area contributed by atoms with Crippen molar-refractivity contribution in [3.8, 4) is 0 Å². The number of ether oxygens (including phenoxy) is 2. The third-order valence-corrected chi connectivity index (χ3v) is 9.44. The van der Waals surface area contributed by atoms with Crippen LogP contribution in [0, 0.1) is 0 Å². The number of methoxy groups -OCH3 is 1. The molecule has 11 nitrogen and oxygen atoms in total. The van der Waals surface area contributed by atoms with Crippen LogP contribution < -0.4 is 20.4 Å². The molecule has 2 aromatic carbocycles. The Morgan fingerprint density at radius 3 is 2.61 bits per heavy atom. The first-order valence-electron chi connectivity index (χ1n) is 14.2. The monoisotopic (exact) mass is 579 g/mol. The van der Waals surface area contributed by atoms with Gasteiger partial charge in [-0.25, -0.2) is 23.2 Å². The number of hydrazine groups is 1. The largest absolute Gasteiger partial charge is 0.369 e. The third-order valence-electron chi connectivity index (χ3n) is 7.86. The van der Waals surface area contributed by atoms with Gasteiger partial charge in [0.25, 0.3) is 0 Å². The molecule has 2 atom stereocenters. The molecular formula is C29H37N7O4S. The molecule has 3 N–H and O–H groups in total. The number of hydrogen-bond acceptors (Lipinski definition) is 10. The second kappa shape index (κ2) is 11.9. The van der Waals surface area contributed by atoms with Crippen LogP contribution in [-0.4, -0.2) is 69.1 Å². The van der Waals surface area contributed by atoms with Crippen molar-refractivity contribution in [3.63, 3.8) is 0 Å². The fourth-order valence-electron chi connectivity index (χ4n) is 5.76. The number of sulfonamides is 1. The molecule has 41 heavy (non-hydrogen) atoms. The molecule has 0 spiro atoms. The lowest BCUT2D eigenvalue weighted by Gasteiger charge is -2.39. The SMILES string of the molecule is COC1CN(N(c2ccccc2)c2nc3c(c(Nc4ccccc4S(=O)(=O)NC4CCCC4)n2)C(C)CN3)CCO1. The van der Waals surface area contributed by atoms with Crippen molar-refractivity contribution in [1.82, 2.24) is 19.7 Å². The van der Waals surface area contributed by atoms with Gasteiger partial charge < -0.3 is 20.1 Å². The topological polar surface area (TPSA) is 121 Å². The molecule has 2 aliphatic heterocycles. The van der Waals surface area contributed by atoms with Crippen molar-refractivity contribution in [3.05, 3.63) is 60.2 Å². The van der Waals surface area contributed by atoms with E-state index in [-0.39, 0.29) is 23.1 Å². The van der Waals surface area contributed by atoms with Gasteiger partial charge in [-0.15, -0.1) is 0 Å². The van der Waals surface area contributed by atoms with E-state index in [0.717, 1.165) is 42.8 Å². The predicted molar refractivity (Wildman–Crippen MR) is 158 cm³/mol. The molecule has 1 aliphatic carbocycles. The number of aromatic nitrogens is 2. The van der Waals surface area contributed by atoms with Crippen LogP contribution in [0.1, 0.15) is 44.1 Å². The fraction of sp³-hybridized carbons (Fsp3) is 0.448. The van der Waals surface area contributed by atoms with Gasteiger partial charge in [0, 0.05) is 37.7 Å². The Bertz CT molecular complexity index is 1470. The van der Waals surface area contributed by atoms with Gasteiger partial charge in [-0.05, 0) is 37.1 Å². The number of fused-ring (bicyclic) bond motifs is 1. The molecule has 218 valence electrons. The first kappa shape index (κ1) is 27.9. The molecule has 3 aliphatic rings. The normalized spacial score (nSPS) is 21.4. The fourth-order valence-corrected chi connectivity index (χ4v) is 7.23. The van der Waals surface area contributed by atoms with E-state index in [2.05, 4.69) is 27.3 Å². The molecule has 3 aromatic rings. The Morgan fingerprint density at radius 1 is 1.07 bits per heavy atom. The maximum Gasteiger partial charge on any atom is 0.249 e. The van der Waals surface area contributed by atoms with Crippen LogP contribution in [-0.2, 0) is 19.5 Å². The molecule has 1 saturated carbocycles. The Morgan fingerprint density at radius 2 is 1.83 bits per heavy atom. The molecule has 12 heteroatoms. The molecule has 1 aromatic heterocycles. The number of para-hydroxylation sites is 2. The molecule has 2 unspecified atom stereocenters. The van der Waals surface area contributed by atoms with E-state index in [0.29, 0.717) is 43.7 Å². The second-order valence-corrected chi connectivity index (χ2v) is 12.4. The van der Waals surface area contributed by atoms with E-state index in [4.69, 9.17) is 19.4 Å². The van der Waals surface area contributed by atoms with Crippen molar-refractivity contribution < 1.29 is 17.9 Å². The Kier molecular flexibility index (Phi) is 8.09. The smallest absolute Gasteiger partial charge is 0.249 e. The number of hydrogen-bond donors (Lipinski definition) is 3. The average Bonchev–Trinajstić information content (AvgIpc) is 3.63. The highest BCUT2D eigenvalue weighted by molar-refractivity contribution is 7.89. The number of morpholine rings is 1. The molecule has 0 amide bonds. The first-order valence-corrected chi connectivity index (χ1v) is 15.7. The minimum absolute atomic E-state index is 0.0314. The summed E-state index contributed by atoms with van der Waals surface area (Å²) in [5, 5.41) is 10.9. The van der Waals surface area contributed by atoms with Crippen LogP contribution in [0.4, 0.5) is 29.0 Å². The molecule has 3 heterocycles.